The molecule has 0 amide bonds. The van der Waals surface area contributed by atoms with Gasteiger partial charge in [0.05, 0.1) is 25.6 Å². The van der Waals surface area contributed by atoms with Gasteiger partial charge in [0.15, 0.2) is 11.5 Å². The van der Waals surface area contributed by atoms with E-state index in [0.717, 1.165) is 6.42 Å². The van der Waals surface area contributed by atoms with Crippen LogP contribution in [0.4, 0.5) is 4.79 Å². The first-order chi connectivity index (χ1) is 18.4. The lowest BCUT2D eigenvalue weighted by molar-refractivity contribution is -0.143. The van der Waals surface area contributed by atoms with Gasteiger partial charge >= 0.3 is 24.1 Å². The fourth-order valence-electron chi connectivity index (χ4n) is 3.09. The van der Waals surface area contributed by atoms with Gasteiger partial charge < -0.3 is 29.0 Å². The predicted octanol–water partition coefficient (Wildman–Crippen LogP) is 4.85. The number of nitrogens with one attached hydrogen (secondary N) is 1. The van der Waals surface area contributed by atoms with Crippen LogP contribution in [0.2, 0.25) is 0 Å². The van der Waals surface area contributed by atoms with E-state index < -0.39 is 36.2 Å². The minimum Gasteiger partial charge on any atom is -0.468 e. The number of benzene rings is 1. The van der Waals surface area contributed by atoms with Gasteiger partial charge in [0.25, 0.3) is 0 Å². The molecule has 0 bridgehead atoms. The summed E-state index contributed by atoms with van der Waals surface area (Å²) in [7, 11) is 1.28. The Kier molecular flexibility index (Phi) is 15.2. The van der Waals surface area contributed by atoms with Gasteiger partial charge in [0.2, 0.25) is 0 Å². The summed E-state index contributed by atoms with van der Waals surface area (Å²) in [6.45, 7) is 13.3. The van der Waals surface area contributed by atoms with Crippen LogP contribution in [0.5, 0.6) is 11.5 Å². The highest BCUT2D eigenvalue weighted by atomic mass is 16.7. The van der Waals surface area contributed by atoms with Crippen molar-refractivity contribution >= 4 is 24.1 Å². The zero-order valence-corrected chi connectivity index (χ0v) is 24.5. The minimum absolute atomic E-state index is 0.0961. The Morgan fingerprint density at radius 1 is 0.821 bits per heavy atom. The van der Waals surface area contributed by atoms with Crippen molar-refractivity contribution < 1.29 is 42.9 Å². The third-order valence-electron chi connectivity index (χ3n) is 6.52. The Morgan fingerprint density at radius 2 is 1.41 bits per heavy atom. The molecule has 1 N–H and O–H groups in total. The second kappa shape index (κ2) is 17.4. The highest BCUT2D eigenvalue weighted by Crippen LogP contribution is 2.31. The monoisotopic (exact) mass is 551 g/mol. The first-order valence-corrected chi connectivity index (χ1v) is 13.7. The van der Waals surface area contributed by atoms with Gasteiger partial charge in [-0.2, -0.15) is 0 Å². The molecule has 1 rings (SSSR count). The maximum absolute atomic E-state index is 12.5. The lowest BCUT2D eigenvalue weighted by Gasteiger charge is -2.21. The lowest BCUT2D eigenvalue weighted by Crippen LogP contribution is -2.43. The van der Waals surface area contributed by atoms with Crippen molar-refractivity contribution in [3.8, 4) is 11.5 Å². The van der Waals surface area contributed by atoms with Crippen LogP contribution in [0.25, 0.3) is 0 Å². The molecule has 0 aliphatic rings. The molecule has 0 aromatic heterocycles. The number of methoxy groups -OCH3 is 1. The molecule has 220 valence electrons. The van der Waals surface area contributed by atoms with Gasteiger partial charge in [-0.15, -0.1) is 0 Å². The molecule has 0 radical (unpaired) electrons. The molecule has 0 spiro atoms. The first kappa shape index (κ1) is 33.9. The second-order valence-electron chi connectivity index (χ2n) is 9.93. The third-order valence-corrected chi connectivity index (χ3v) is 6.52. The highest BCUT2D eigenvalue weighted by molar-refractivity contribution is 5.79. The van der Waals surface area contributed by atoms with Gasteiger partial charge in [-0.25, -0.2) is 4.79 Å². The van der Waals surface area contributed by atoms with E-state index in [1.807, 2.05) is 27.7 Å². The number of carbonyl (C=O) groups is 4. The van der Waals surface area contributed by atoms with E-state index in [2.05, 4.69) is 5.32 Å². The molecule has 10 heteroatoms. The van der Waals surface area contributed by atoms with Crippen molar-refractivity contribution in [3.63, 3.8) is 0 Å². The summed E-state index contributed by atoms with van der Waals surface area (Å²) in [4.78, 5) is 49.3. The van der Waals surface area contributed by atoms with E-state index in [0.29, 0.717) is 18.4 Å². The number of hydrogen-bond donors (Lipinski definition) is 1. The normalized spacial score (nSPS) is 14.8. The number of rotatable bonds is 16. The van der Waals surface area contributed by atoms with Crippen LogP contribution in [0.15, 0.2) is 18.2 Å². The summed E-state index contributed by atoms with van der Waals surface area (Å²) in [5.41, 5.74) is 0.634. The van der Waals surface area contributed by atoms with Crippen molar-refractivity contribution in [1.29, 1.82) is 0 Å². The topological polar surface area (TPSA) is 126 Å². The van der Waals surface area contributed by atoms with Crippen molar-refractivity contribution in [1.82, 2.24) is 5.32 Å². The maximum atomic E-state index is 12.5. The smallest absolute Gasteiger partial charge is 0.468 e. The fraction of sp³-hybridized carbons (Fsp3) is 0.655. The molecular formula is C29H45NO9. The summed E-state index contributed by atoms with van der Waals surface area (Å²) in [6.07, 6.45) is 0.894. The van der Waals surface area contributed by atoms with Gasteiger partial charge in [-0.1, -0.05) is 54.0 Å². The maximum Gasteiger partial charge on any atom is 0.508 e. The Hall–Kier alpha value is -3.14. The molecule has 0 fully saturated rings. The zero-order chi connectivity index (χ0) is 29.5. The molecule has 10 nitrogen and oxygen atoms in total. The van der Waals surface area contributed by atoms with Gasteiger partial charge in [0.1, 0.15) is 12.1 Å². The van der Waals surface area contributed by atoms with Crippen LogP contribution in [-0.4, -0.2) is 56.5 Å². The molecule has 1 aromatic rings. The van der Waals surface area contributed by atoms with Crippen LogP contribution in [0, 0.1) is 17.8 Å². The molecule has 0 aliphatic heterocycles. The Labute approximate surface area is 232 Å². The molecule has 0 aliphatic carbocycles. The summed E-state index contributed by atoms with van der Waals surface area (Å²) in [5.74, 6) is -1.64. The van der Waals surface area contributed by atoms with Crippen LogP contribution in [0.1, 0.15) is 73.3 Å². The number of esters is 3. The van der Waals surface area contributed by atoms with Crippen LogP contribution >= 0.6 is 0 Å². The molecular weight excluding hydrogens is 506 g/mol. The third kappa shape index (κ3) is 12.1. The SMILES string of the molecule is CCC(C)COC(=O)OC(C)CN[C@@H](Cc1ccc(OC(=O)C(C)CC)c(OC(=O)C(C)CC)c1)C(=O)OC. The average Bonchev–Trinajstić information content (AvgIpc) is 2.93. The molecule has 0 saturated carbocycles. The van der Waals surface area contributed by atoms with Crippen molar-refractivity contribution in [3.05, 3.63) is 23.8 Å². The highest BCUT2D eigenvalue weighted by Gasteiger charge is 2.24. The van der Waals surface area contributed by atoms with E-state index in [9.17, 15) is 19.2 Å². The zero-order valence-electron chi connectivity index (χ0n) is 24.5. The second-order valence-corrected chi connectivity index (χ2v) is 9.93. The molecule has 39 heavy (non-hydrogen) atoms. The number of ether oxygens (including phenoxy) is 5. The number of hydrogen-bond acceptors (Lipinski definition) is 10. The molecule has 0 saturated heterocycles. The van der Waals surface area contributed by atoms with E-state index >= 15 is 0 Å². The Morgan fingerprint density at radius 3 is 1.95 bits per heavy atom. The largest absolute Gasteiger partial charge is 0.508 e. The van der Waals surface area contributed by atoms with Gasteiger partial charge in [-0.3, -0.25) is 14.4 Å². The summed E-state index contributed by atoms with van der Waals surface area (Å²) < 4.78 is 26.4. The summed E-state index contributed by atoms with van der Waals surface area (Å²) in [6, 6.07) is 4.01. The lowest BCUT2D eigenvalue weighted by atomic mass is 10.0. The van der Waals surface area contributed by atoms with Crippen molar-refractivity contribution in [2.45, 2.75) is 86.3 Å². The average molecular weight is 552 g/mol. The standard InChI is InChI=1S/C29H45NO9/c1-9-18(4)17-36-29(34)37-21(7)16-30-23(28(33)35-8)14-22-12-13-24(38-26(31)19(5)10-2)25(15-22)39-27(32)20(6)11-3/h12-13,15,18-21,23,30H,9-11,14,16-17H2,1-8H3/t18?,19?,20?,21?,23-/m0/s1. The van der Waals surface area contributed by atoms with E-state index in [1.165, 1.54) is 7.11 Å². The Bertz CT molecular complexity index is 949. The van der Waals surface area contributed by atoms with Gasteiger partial charge in [-0.05, 0) is 49.8 Å². The van der Waals surface area contributed by atoms with E-state index in [4.69, 9.17) is 23.7 Å². The van der Waals surface area contributed by atoms with Crippen LogP contribution in [0.3, 0.4) is 0 Å². The van der Waals surface area contributed by atoms with E-state index in [-0.39, 0.29) is 48.8 Å². The van der Waals surface area contributed by atoms with E-state index in [1.54, 1.807) is 39.0 Å². The quantitative estimate of drug-likeness (QED) is 0.225. The molecule has 1 aromatic carbocycles. The molecule has 5 atom stereocenters. The molecule has 0 heterocycles. The van der Waals surface area contributed by atoms with Crippen molar-refractivity contribution in [2.75, 3.05) is 20.3 Å². The first-order valence-electron chi connectivity index (χ1n) is 13.7. The number of carbonyl (C=O) groups excluding carboxylic acids is 4. The fourth-order valence-corrected chi connectivity index (χ4v) is 3.09. The Balaban J connectivity index is 3.01. The minimum atomic E-state index is -0.788. The van der Waals surface area contributed by atoms with Crippen LogP contribution in [-0.2, 0) is 35.0 Å². The van der Waals surface area contributed by atoms with Crippen molar-refractivity contribution in [2.24, 2.45) is 17.8 Å². The summed E-state index contributed by atoms with van der Waals surface area (Å²) in [5, 5.41) is 3.06. The van der Waals surface area contributed by atoms with Crippen LogP contribution < -0.4 is 14.8 Å². The molecule has 4 unspecified atom stereocenters. The summed E-state index contributed by atoms with van der Waals surface area (Å²) >= 11 is 0. The van der Waals surface area contributed by atoms with Gasteiger partial charge in [0, 0.05) is 6.54 Å². The predicted molar refractivity (Wildman–Crippen MR) is 145 cm³/mol.